The molecule has 0 aliphatic carbocycles. The second-order valence-corrected chi connectivity index (χ2v) is 5.25. The van der Waals surface area contributed by atoms with Crippen molar-refractivity contribution in [2.45, 2.75) is 32.7 Å². The zero-order valence-electron chi connectivity index (χ0n) is 11.8. The molecule has 1 aromatic heterocycles. The summed E-state index contributed by atoms with van der Waals surface area (Å²) in [5, 5.41) is 9.32. The normalized spacial score (nSPS) is 12.7. The second kappa shape index (κ2) is 5.49. The standard InChI is InChI=1S/C16H18FNO2/c1-10(2)13-8-15(16(19)20)18(9-13)11(3)12-4-6-14(17)7-5-12/h4-11H,1-3H3,(H,19,20). The highest BCUT2D eigenvalue weighted by atomic mass is 19.1. The average Bonchev–Trinajstić information content (AvgIpc) is 2.84. The van der Waals surface area contributed by atoms with Crippen LogP contribution in [0.2, 0.25) is 0 Å². The molecule has 106 valence electrons. The zero-order chi connectivity index (χ0) is 14.9. The maximum Gasteiger partial charge on any atom is 0.352 e. The summed E-state index contributed by atoms with van der Waals surface area (Å²) in [6, 6.07) is 7.68. The molecule has 1 aromatic carbocycles. The lowest BCUT2D eigenvalue weighted by Gasteiger charge is -2.16. The number of hydrogen-bond donors (Lipinski definition) is 1. The Morgan fingerprint density at radius 2 is 1.75 bits per heavy atom. The number of nitrogens with zero attached hydrogens (tertiary/aromatic N) is 1. The van der Waals surface area contributed by atoms with Crippen molar-refractivity contribution in [2.24, 2.45) is 0 Å². The number of benzene rings is 1. The molecule has 1 heterocycles. The number of halogens is 1. The Labute approximate surface area is 117 Å². The van der Waals surface area contributed by atoms with Crippen LogP contribution in [0.5, 0.6) is 0 Å². The van der Waals surface area contributed by atoms with Crippen LogP contribution in [0.25, 0.3) is 0 Å². The number of carboxylic acid groups (broad SMARTS) is 1. The Morgan fingerprint density at radius 3 is 2.25 bits per heavy atom. The lowest BCUT2D eigenvalue weighted by Crippen LogP contribution is -2.12. The minimum atomic E-state index is -0.953. The Hall–Kier alpha value is -2.10. The molecule has 0 fully saturated rings. The van der Waals surface area contributed by atoms with E-state index in [9.17, 15) is 14.3 Å². The summed E-state index contributed by atoms with van der Waals surface area (Å²) in [5.74, 6) is -0.990. The summed E-state index contributed by atoms with van der Waals surface area (Å²) in [5.41, 5.74) is 2.11. The first kappa shape index (κ1) is 14.3. The fraction of sp³-hybridized carbons (Fsp3) is 0.312. The molecular formula is C16H18FNO2. The summed E-state index contributed by atoms with van der Waals surface area (Å²) in [6.07, 6.45) is 1.86. The van der Waals surface area contributed by atoms with Crippen LogP contribution in [0.15, 0.2) is 36.5 Å². The van der Waals surface area contributed by atoms with Crippen LogP contribution in [0.3, 0.4) is 0 Å². The monoisotopic (exact) mass is 275 g/mol. The molecule has 0 aliphatic heterocycles. The molecule has 0 bridgehead atoms. The first-order valence-electron chi connectivity index (χ1n) is 6.60. The van der Waals surface area contributed by atoms with Gasteiger partial charge >= 0.3 is 5.97 Å². The van der Waals surface area contributed by atoms with Crippen molar-refractivity contribution >= 4 is 5.97 Å². The summed E-state index contributed by atoms with van der Waals surface area (Å²) in [6.45, 7) is 5.95. The number of hydrogen-bond acceptors (Lipinski definition) is 1. The third-order valence-corrected chi connectivity index (χ3v) is 3.53. The molecule has 3 nitrogen and oxygen atoms in total. The van der Waals surface area contributed by atoms with E-state index >= 15 is 0 Å². The number of carbonyl (C=O) groups is 1. The molecular weight excluding hydrogens is 257 g/mol. The number of rotatable bonds is 4. The van der Waals surface area contributed by atoms with Crippen molar-refractivity contribution in [3.8, 4) is 0 Å². The van der Waals surface area contributed by atoms with Crippen molar-refractivity contribution in [3.63, 3.8) is 0 Å². The van der Waals surface area contributed by atoms with E-state index in [-0.39, 0.29) is 23.5 Å². The number of aromatic nitrogens is 1. The van der Waals surface area contributed by atoms with Gasteiger partial charge in [-0.2, -0.15) is 0 Å². The van der Waals surface area contributed by atoms with Gasteiger partial charge in [-0.1, -0.05) is 26.0 Å². The lowest BCUT2D eigenvalue weighted by molar-refractivity contribution is 0.0684. The van der Waals surface area contributed by atoms with Gasteiger partial charge in [-0.3, -0.25) is 0 Å². The summed E-state index contributed by atoms with van der Waals surface area (Å²) in [4.78, 5) is 11.4. The highest BCUT2D eigenvalue weighted by molar-refractivity contribution is 5.86. The van der Waals surface area contributed by atoms with Gasteiger partial charge in [0, 0.05) is 6.20 Å². The molecule has 4 heteroatoms. The smallest absolute Gasteiger partial charge is 0.352 e. The molecule has 1 atom stereocenters. The van der Waals surface area contributed by atoms with Crippen LogP contribution in [0.4, 0.5) is 4.39 Å². The summed E-state index contributed by atoms with van der Waals surface area (Å²) < 4.78 is 14.7. The molecule has 0 amide bonds. The van der Waals surface area contributed by atoms with Crippen LogP contribution in [-0.4, -0.2) is 15.6 Å². The largest absolute Gasteiger partial charge is 0.477 e. The molecule has 1 N–H and O–H groups in total. The number of carboxylic acids is 1. The maximum absolute atomic E-state index is 13.0. The summed E-state index contributed by atoms with van der Waals surface area (Å²) >= 11 is 0. The predicted molar refractivity (Wildman–Crippen MR) is 75.7 cm³/mol. The highest BCUT2D eigenvalue weighted by Crippen LogP contribution is 2.25. The average molecular weight is 275 g/mol. The van der Waals surface area contributed by atoms with Crippen LogP contribution >= 0.6 is 0 Å². The Kier molecular flexibility index (Phi) is 3.93. The van der Waals surface area contributed by atoms with Gasteiger partial charge in [-0.15, -0.1) is 0 Å². The molecule has 1 unspecified atom stereocenters. The van der Waals surface area contributed by atoms with Crippen molar-refractivity contribution < 1.29 is 14.3 Å². The molecule has 2 rings (SSSR count). The Balaban J connectivity index is 2.45. The van der Waals surface area contributed by atoms with E-state index in [0.29, 0.717) is 0 Å². The summed E-state index contributed by atoms with van der Waals surface area (Å²) in [7, 11) is 0. The van der Waals surface area contributed by atoms with E-state index in [1.807, 2.05) is 27.0 Å². The fourth-order valence-electron chi connectivity index (χ4n) is 2.21. The van der Waals surface area contributed by atoms with Crippen LogP contribution in [0.1, 0.15) is 54.3 Å². The molecule has 2 aromatic rings. The van der Waals surface area contributed by atoms with Gasteiger partial charge in [-0.05, 0) is 42.2 Å². The van der Waals surface area contributed by atoms with Gasteiger partial charge in [-0.25, -0.2) is 9.18 Å². The minimum Gasteiger partial charge on any atom is -0.477 e. The molecule has 0 spiro atoms. The van der Waals surface area contributed by atoms with E-state index in [4.69, 9.17) is 0 Å². The SMILES string of the molecule is CC(C)c1cc(C(=O)O)n(C(C)c2ccc(F)cc2)c1. The van der Waals surface area contributed by atoms with E-state index in [0.717, 1.165) is 11.1 Å². The third-order valence-electron chi connectivity index (χ3n) is 3.53. The minimum absolute atomic E-state index is 0.158. The van der Waals surface area contributed by atoms with Gasteiger partial charge in [0.1, 0.15) is 11.5 Å². The molecule has 20 heavy (non-hydrogen) atoms. The molecule has 0 radical (unpaired) electrons. The van der Waals surface area contributed by atoms with E-state index < -0.39 is 5.97 Å². The lowest BCUT2D eigenvalue weighted by atomic mass is 10.1. The van der Waals surface area contributed by atoms with Gasteiger partial charge < -0.3 is 9.67 Å². The fourth-order valence-corrected chi connectivity index (χ4v) is 2.21. The van der Waals surface area contributed by atoms with Gasteiger partial charge in [0.25, 0.3) is 0 Å². The topological polar surface area (TPSA) is 42.2 Å². The molecule has 0 saturated heterocycles. The highest BCUT2D eigenvalue weighted by Gasteiger charge is 2.19. The van der Waals surface area contributed by atoms with Crippen molar-refractivity contribution in [1.82, 2.24) is 4.57 Å². The first-order chi connectivity index (χ1) is 9.40. The Bertz CT molecular complexity index is 614. The van der Waals surface area contributed by atoms with Gasteiger partial charge in [0.2, 0.25) is 0 Å². The molecule has 0 aliphatic rings. The van der Waals surface area contributed by atoms with Crippen molar-refractivity contribution in [2.75, 3.05) is 0 Å². The van der Waals surface area contributed by atoms with Crippen LogP contribution < -0.4 is 0 Å². The third kappa shape index (κ3) is 2.74. The van der Waals surface area contributed by atoms with Crippen LogP contribution in [0, 0.1) is 5.82 Å². The molecule has 0 saturated carbocycles. The number of aromatic carboxylic acids is 1. The van der Waals surface area contributed by atoms with Crippen molar-refractivity contribution in [3.05, 3.63) is 59.2 Å². The quantitative estimate of drug-likeness (QED) is 0.914. The first-order valence-corrected chi connectivity index (χ1v) is 6.60. The van der Waals surface area contributed by atoms with Crippen LogP contribution in [-0.2, 0) is 0 Å². The van der Waals surface area contributed by atoms with Gasteiger partial charge in [0.15, 0.2) is 0 Å². The Morgan fingerprint density at radius 1 is 1.15 bits per heavy atom. The van der Waals surface area contributed by atoms with Gasteiger partial charge in [0.05, 0.1) is 6.04 Å². The predicted octanol–water partition coefficient (Wildman–Crippen LogP) is 4.06. The van der Waals surface area contributed by atoms with Crippen molar-refractivity contribution in [1.29, 1.82) is 0 Å². The van der Waals surface area contributed by atoms with E-state index in [2.05, 4.69) is 0 Å². The van der Waals surface area contributed by atoms with E-state index in [1.165, 1.54) is 12.1 Å². The zero-order valence-corrected chi connectivity index (χ0v) is 11.8. The van der Waals surface area contributed by atoms with E-state index in [1.54, 1.807) is 22.8 Å². The maximum atomic E-state index is 13.0. The second-order valence-electron chi connectivity index (χ2n) is 5.25.